The summed E-state index contributed by atoms with van der Waals surface area (Å²) in [6.45, 7) is 0.0961. The lowest BCUT2D eigenvalue weighted by atomic mass is 10.0. The predicted molar refractivity (Wildman–Crippen MR) is 82.8 cm³/mol. The molecule has 0 spiro atoms. The number of carbonyl (C=O) groups is 1. The van der Waals surface area contributed by atoms with Gasteiger partial charge in [-0.05, 0) is 18.6 Å². The molecule has 5 nitrogen and oxygen atoms in total. The van der Waals surface area contributed by atoms with Crippen LogP contribution in [0.25, 0.3) is 0 Å². The number of hydrogen-bond acceptors (Lipinski definition) is 4. The van der Waals surface area contributed by atoms with Crippen molar-refractivity contribution in [3.63, 3.8) is 0 Å². The summed E-state index contributed by atoms with van der Waals surface area (Å²) in [6.07, 6.45) is 0.146. The number of rotatable bonds is 7. The molecule has 2 aromatic rings. The van der Waals surface area contributed by atoms with Crippen molar-refractivity contribution in [1.29, 1.82) is 0 Å². The predicted octanol–water partition coefficient (Wildman–Crippen LogP) is 2.57. The second-order valence-electron chi connectivity index (χ2n) is 4.68. The smallest absolute Gasteiger partial charge is 0.264 e. The number of ether oxygens (including phenoxy) is 1. The highest BCUT2D eigenvalue weighted by Gasteiger charge is 2.14. The molecule has 0 saturated heterocycles. The molecule has 0 aliphatic heterocycles. The van der Waals surface area contributed by atoms with Gasteiger partial charge in [0.05, 0.1) is 17.9 Å². The maximum atomic E-state index is 12.4. The van der Waals surface area contributed by atoms with E-state index in [2.05, 4.69) is 0 Å². The fraction of sp³-hybridized carbons (Fsp3) is 0.188. The highest BCUT2D eigenvalue weighted by atomic mass is 32.2. The Morgan fingerprint density at radius 1 is 1.00 bits per heavy atom. The molecule has 0 aliphatic carbocycles. The molecule has 0 aromatic heterocycles. The van der Waals surface area contributed by atoms with Crippen molar-refractivity contribution in [2.75, 3.05) is 12.4 Å². The Morgan fingerprint density at radius 2 is 1.64 bits per heavy atom. The third-order valence-corrected chi connectivity index (χ3v) is 3.78. The van der Waals surface area contributed by atoms with E-state index in [0.717, 1.165) is 0 Å². The molecule has 22 heavy (non-hydrogen) atoms. The first-order valence-corrected chi connectivity index (χ1v) is 8.35. The number of ketones is 1. The van der Waals surface area contributed by atoms with Crippen LogP contribution in [0, 0.1) is 0 Å². The van der Waals surface area contributed by atoms with Crippen LogP contribution in [0.4, 0.5) is 0 Å². The molecule has 0 bridgehead atoms. The summed E-state index contributed by atoms with van der Waals surface area (Å²) in [7, 11) is -3.99. The summed E-state index contributed by atoms with van der Waals surface area (Å²) in [6, 6.07) is 15.6. The van der Waals surface area contributed by atoms with Gasteiger partial charge in [0.15, 0.2) is 5.78 Å². The lowest BCUT2D eigenvalue weighted by Crippen LogP contribution is -2.10. The number of hydrogen-bond donors (Lipinski definition) is 1. The summed E-state index contributed by atoms with van der Waals surface area (Å²) >= 11 is 0. The molecule has 2 rings (SSSR count). The van der Waals surface area contributed by atoms with Gasteiger partial charge in [0.2, 0.25) is 0 Å². The van der Waals surface area contributed by atoms with Gasteiger partial charge in [-0.25, -0.2) is 0 Å². The highest BCUT2D eigenvalue weighted by Crippen LogP contribution is 2.21. The minimum Gasteiger partial charge on any atom is -0.493 e. The molecule has 1 N–H and O–H groups in total. The molecule has 0 saturated carbocycles. The first-order chi connectivity index (χ1) is 10.5. The van der Waals surface area contributed by atoms with Gasteiger partial charge in [0.25, 0.3) is 10.1 Å². The van der Waals surface area contributed by atoms with E-state index in [1.54, 1.807) is 48.5 Å². The molecule has 0 unspecified atom stereocenters. The quantitative estimate of drug-likeness (QED) is 0.482. The van der Waals surface area contributed by atoms with E-state index in [0.29, 0.717) is 16.9 Å². The Kier molecular flexibility index (Phi) is 5.30. The Hall–Kier alpha value is -2.18. The summed E-state index contributed by atoms with van der Waals surface area (Å²) < 4.78 is 35.4. The van der Waals surface area contributed by atoms with Crippen LogP contribution in [0.15, 0.2) is 54.6 Å². The van der Waals surface area contributed by atoms with Gasteiger partial charge in [-0.3, -0.25) is 9.35 Å². The van der Waals surface area contributed by atoms with Crippen LogP contribution in [0.5, 0.6) is 5.75 Å². The topological polar surface area (TPSA) is 80.7 Å². The molecule has 116 valence electrons. The normalized spacial score (nSPS) is 11.1. The van der Waals surface area contributed by atoms with E-state index in [1.165, 1.54) is 0 Å². The molecule has 2 aromatic carbocycles. The van der Waals surface area contributed by atoms with Crippen LogP contribution < -0.4 is 4.74 Å². The largest absolute Gasteiger partial charge is 0.493 e. The lowest BCUT2D eigenvalue weighted by Gasteiger charge is -2.10. The molecule has 0 amide bonds. The monoisotopic (exact) mass is 320 g/mol. The maximum Gasteiger partial charge on any atom is 0.264 e. The maximum absolute atomic E-state index is 12.4. The van der Waals surface area contributed by atoms with Crippen LogP contribution in [0.3, 0.4) is 0 Å². The molecule has 0 atom stereocenters. The molecule has 0 fully saturated rings. The van der Waals surface area contributed by atoms with Crippen LogP contribution in [0.2, 0.25) is 0 Å². The van der Waals surface area contributed by atoms with Gasteiger partial charge < -0.3 is 4.74 Å². The number of carbonyl (C=O) groups excluding carboxylic acids is 1. The summed E-state index contributed by atoms with van der Waals surface area (Å²) in [5, 5.41) is 0. The lowest BCUT2D eigenvalue weighted by molar-refractivity contribution is 0.103. The first-order valence-electron chi connectivity index (χ1n) is 6.74. The molecular weight excluding hydrogens is 304 g/mol. The third kappa shape index (κ3) is 4.68. The second-order valence-corrected chi connectivity index (χ2v) is 6.25. The second kappa shape index (κ2) is 7.20. The van der Waals surface area contributed by atoms with Crippen molar-refractivity contribution >= 4 is 15.9 Å². The average Bonchev–Trinajstić information content (AvgIpc) is 2.51. The molecule has 6 heteroatoms. The number of para-hydroxylation sites is 1. The molecule has 0 aliphatic rings. The van der Waals surface area contributed by atoms with Gasteiger partial charge in [-0.15, -0.1) is 0 Å². The van der Waals surface area contributed by atoms with Crippen molar-refractivity contribution in [3.8, 4) is 5.75 Å². The molecular formula is C16H16O5S. The summed E-state index contributed by atoms with van der Waals surface area (Å²) in [5.41, 5.74) is 0.969. The Labute approximate surface area is 129 Å². The van der Waals surface area contributed by atoms with Crippen molar-refractivity contribution in [1.82, 2.24) is 0 Å². The first kappa shape index (κ1) is 16.2. The highest BCUT2D eigenvalue weighted by molar-refractivity contribution is 7.85. The van der Waals surface area contributed by atoms with Crippen molar-refractivity contribution < 1.29 is 22.5 Å². The minimum absolute atomic E-state index is 0.0961. The van der Waals surface area contributed by atoms with E-state index in [-0.39, 0.29) is 24.6 Å². The van der Waals surface area contributed by atoms with Gasteiger partial charge >= 0.3 is 0 Å². The van der Waals surface area contributed by atoms with Crippen LogP contribution in [-0.4, -0.2) is 31.1 Å². The zero-order chi connectivity index (χ0) is 16.0. The van der Waals surface area contributed by atoms with E-state index in [4.69, 9.17) is 9.29 Å². The third-order valence-electron chi connectivity index (χ3n) is 2.97. The fourth-order valence-electron chi connectivity index (χ4n) is 1.95. The number of benzene rings is 2. The standard InChI is InChI=1S/C16H16O5S/c17-16(13-7-2-1-3-8-13)14-9-4-5-10-15(14)21-11-6-12-22(18,19)20/h1-5,7-10H,6,11-12H2,(H,18,19,20). The van der Waals surface area contributed by atoms with Crippen molar-refractivity contribution in [2.45, 2.75) is 6.42 Å². The van der Waals surface area contributed by atoms with Crippen LogP contribution in [0.1, 0.15) is 22.3 Å². The van der Waals surface area contributed by atoms with E-state index >= 15 is 0 Å². The average molecular weight is 320 g/mol. The summed E-state index contributed by atoms with van der Waals surface area (Å²) in [5.74, 6) is -0.139. The Bertz CT molecular complexity index is 738. The molecule has 0 radical (unpaired) electrons. The van der Waals surface area contributed by atoms with E-state index in [1.807, 2.05) is 6.07 Å². The van der Waals surface area contributed by atoms with Gasteiger partial charge in [0, 0.05) is 5.56 Å². The SMILES string of the molecule is O=C(c1ccccc1)c1ccccc1OCCCS(=O)(=O)O. The van der Waals surface area contributed by atoms with Gasteiger partial charge in [-0.2, -0.15) is 8.42 Å². The zero-order valence-electron chi connectivity index (χ0n) is 11.8. The van der Waals surface area contributed by atoms with Gasteiger partial charge in [0.1, 0.15) is 5.75 Å². The fourth-order valence-corrected chi connectivity index (χ4v) is 2.43. The molecule has 0 heterocycles. The van der Waals surface area contributed by atoms with E-state index in [9.17, 15) is 13.2 Å². The Morgan fingerprint density at radius 3 is 2.32 bits per heavy atom. The van der Waals surface area contributed by atoms with Crippen LogP contribution in [-0.2, 0) is 10.1 Å². The van der Waals surface area contributed by atoms with Crippen LogP contribution >= 0.6 is 0 Å². The van der Waals surface area contributed by atoms with E-state index < -0.39 is 10.1 Å². The zero-order valence-corrected chi connectivity index (χ0v) is 12.6. The van der Waals surface area contributed by atoms with Crippen molar-refractivity contribution in [2.24, 2.45) is 0 Å². The van der Waals surface area contributed by atoms with Gasteiger partial charge in [-0.1, -0.05) is 42.5 Å². The summed E-state index contributed by atoms with van der Waals surface area (Å²) in [4.78, 5) is 12.4. The van der Waals surface area contributed by atoms with Crippen molar-refractivity contribution in [3.05, 3.63) is 65.7 Å². The minimum atomic E-state index is -3.99. The Balaban J connectivity index is 2.09.